The van der Waals surface area contributed by atoms with Gasteiger partial charge in [-0.1, -0.05) is 60.3 Å². The van der Waals surface area contributed by atoms with E-state index in [9.17, 15) is 0 Å². The number of benzene rings is 5. The number of aromatic nitrogens is 1. The van der Waals surface area contributed by atoms with E-state index in [-0.39, 0.29) is 6.71 Å². The summed E-state index contributed by atoms with van der Waals surface area (Å²) in [6, 6.07) is 30.4. The fraction of sp³-hybridized carbons (Fsp3) is 0. The summed E-state index contributed by atoms with van der Waals surface area (Å²) in [5.74, 6) is 3.75. The van der Waals surface area contributed by atoms with Crippen LogP contribution < -0.4 is 25.9 Å². The first kappa shape index (κ1) is 17.4. The molecule has 3 aliphatic rings. The normalized spacial score (nSPS) is 14.6. The zero-order valence-corrected chi connectivity index (χ0v) is 19.1. The molecule has 0 spiro atoms. The Balaban J connectivity index is 1.47. The summed E-state index contributed by atoms with van der Waals surface area (Å²) in [7, 11) is 0. The van der Waals surface area contributed by atoms with Crippen molar-refractivity contribution in [1.29, 1.82) is 0 Å². The van der Waals surface area contributed by atoms with Crippen LogP contribution in [0.2, 0.25) is 0 Å². The maximum absolute atomic E-state index is 6.86. The van der Waals surface area contributed by atoms with Crippen LogP contribution in [0.5, 0.6) is 23.0 Å². The van der Waals surface area contributed by atoms with Crippen molar-refractivity contribution in [2.75, 3.05) is 0 Å². The summed E-state index contributed by atoms with van der Waals surface area (Å²) >= 11 is 1.84. The molecule has 0 aliphatic carbocycles. The van der Waals surface area contributed by atoms with E-state index in [1.54, 1.807) is 0 Å². The van der Waals surface area contributed by atoms with Gasteiger partial charge in [0.15, 0.2) is 0 Å². The molecule has 0 amide bonds. The summed E-state index contributed by atoms with van der Waals surface area (Å²) in [5.41, 5.74) is 7.37. The summed E-state index contributed by atoms with van der Waals surface area (Å²) in [6.45, 7) is 0.118. The van der Waals surface area contributed by atoms with E-state index < -0.39 is 0 Å². The monoisotopic (exact) mass is 463 g/mol. The predicted octanol–water partition coefficient (Wildman–Crippen LogP) is 6.03. The summed E-state index contributed by atoms with van der Waals surface area (Å²) in [5, 5.41) is 5.11. The lowest BCUT2D eigenvalue weighted by Gasteiger charge is -2.37. The summed E-state index contributed by atoms with van der Waals surface area (Å²) < 4.78 is 15.7. The number of nitrogens with zero attached hydrogens (tertiary/aromatic N) is 1. The van der Waals surface area contributed by atoms with Gasteiger partial charge in [-0.25, -0.2) is 0 Å². The highest BCUT2D eigenvalue weighted by molar-refractivity contribution is 8.00. The average molecular weight is 463 g/mol. The van der Waals surface area contributed by atoms with Crippen LogP contribution >= 0.6 is 11.8 Å². The Bertz CT molecular complexity index is 2090. The predicted molar refractivity (Wildman–Crippen MR) is 143 cm³/mol. The minimum absolute atomic E-state index is 0.118. The van der Waals surface area contributed by atoms with Gasteiger partial charge in [0.2, 0.25) is 0 Å². The number of hydrogen-bond acceptors (Lipinski definition) is 3. The first-order valence-corrected chi connectivity index (χ1v) is 12.7. The van der Waals surface area contributed by atoms with Crippen LogP contribution in [0.1, 0.15) is 0 Å². The van der Waals surface area contributed by atoms with E-state index in [4.69, 9.17) is 9.47 Å². The molecule has 0 radical (unpaired) electrons. The van der Waals surface area contributed by atoms with E-state index in [0.717, 1.165) is 28.5 Å². The highest BCUT2D eigenvalue weighted by atomic mass is 32.2. The van der Waals surface area contributed by atoms with Crippen LogP contribution in [-0.4, -0.2) is 11.1 Å². The molecule has 0 saturated heterocycles. The molecule has 2 aromatic heterocycles. The molecule has 0 N–H and O–H groups in total. The molecule has 0 fully saturated rings. The number of hydrogen-bond donors (Lipinski definition) is 0. The van der Waals surface area contributed by atoms with E-state index >= 15 is 0 Å². The minimum atomic E-state index is 0.118. The van der Waals surface area contributed by atoms with Gasteiger partial charge in [0.05, 0.1) is 16.6 Å². The average Bonchev–Trinajstić information content (AvgIpc) is 3.41. The van der Waals surface area contributed by atoms with Crippen LogP contribution in [0, 0.1) is 0 Å². The first-order chi connectivity index (χ1) is 17.4. The fourth-order valence-electron chi connectivity index (χ4n) is 6.75. The number of rotatable bonds is 0. The molecule has 5 heteroatoms. The van der Waals surface area contributed by atoms with Gasteiger partial charge in [-0.2, -0.15) is 0 Å². The molecule has 3 nitrogen and oxygen atoms in total. The Morgan fingerprint density at radius 3 is 2.20 bits per heavy atom. The van der Waals surface area contributed by atoms with E-state index in [1.165, 1.54) is 58.8 Å². The molecule has 160 valence electrons. The Morgan fingerprint density at radius 1 is 0.571 bits per heavy atom. The zero-order chi connectivity index (χ0) is 22.4. The van der Waals surface area contributed by atoms with Crippen molar-refractivity contribution in [3.8, 4) is 23.0 Å². The quantitative estimate of drug-likeness (QED) is 0.257. The van der Waals surface area contributed by atoms with E-state index in [2.05, 4.69) is 83.3 Å². The van der Waals surface area contributed by atoms with Gasteiger partial charge in [0.1, 0.15) is 23.0 Å². The van der Waals surface area contributed by atoms with Crippen LogP contribution in [-0.2, 0) is 0 Å². The van der Waals surface area contributed by atoms with E-state index in [0.29, 0.717) is 0 Å². The molecule has 5 aromatic carbocycles. The van der Waals surface area contributed by atoms with E-state index in [1.807, 2.05) is 17.8 Å². The van der Waals surface area contributed by atoms with Gasteiger partial charge in [-0.05, 0) is 47.3 Å². The van der Waals surface area contributed by atoms with Gasteiger partial charge in [-0.15, -0.1) is 0 Å². The lowest BCUT2D eigenvalue weighted by atomic mass is 9.34. The van der Waals surface area contributed by atoms with Crippen LogP contribution in [0.15, 0.2) is 94.7 Å². The Kier molecular flexibility index (Phi) is 2.77. The SMILES string of the molecule is c1cc2c3c(c1)Oc1c4c(cc5c6cccc7c8ccccc8n(c15)c76)Sc1cccc(c1B34)O2. The van der Waals surface area contributed by atoms with Gasteiger partial charge >= 0.3 is 0 Å². The van der Waals surface area contributed by atoms with Gasteiger partial charge in [0.25, 0.3) is 6.71 Å². The summed E-state index contributed by atoms with van der Waals surface area (Å²) in [6.07, 6.45) is 0. The van der Waals surface area contributed by atoms with Crippen molar-refractivity contribution in [2.45, 2.75) is 9.79 Å². The molecule has 10 rings (SSSR count). The van der Waals surface area contributed by atoms with Crippen molar-refractivity contribution in [1.82, 2.24) is 4.40 Å². The second-order valence-electron chi connectivity index (χ2n) is 9.64. The Labute approximate surface area is 204 Å². The molecule has 0 unspecified atom stereocenters. The standard InChI is InChI=1S/C30H14BNO2S/c1-2-9-19-15(6-1)16-7-3-8-17-18-14-24-27-30(29(18)32(19)28(16)17)34-21-11-4-10-20-25(21)31(27)26-22(33-20)12-5-13-23(26)35-24/h1-14H. The second-order valence-corrected chi connectivity index (χ2v) is 10.7. The molecular weight excluding hydrogens is 449 g/mol. The molecule has 35 heavy (non-hydrogen) atoms. The molecule has 5 heterocycles. The third-order valence-electron chi connectivity index (χ3n) is 8.03. The zero-order valence-electron chi connectivity index (χ0n) is 18.3. The lowest BCUT2D eigenvalue weighted by molar-refractivity contribution is 0.465. The maximum atomic E-state index is 6.86. The molecule has 3 aliphatic heterocycles. The Hall–Kier alpha value is -4.09. The third kappa shape index (κ3) is 1.83. The summed E-state index contributed by atoms with van der Waals surface area (Å²) in [4.78, 5) is 2.55. The Morgan fingerprint density at radius 2 is 1.29 bits per heavy atom. The van der Waals surface area contributed by atoms with Crippen molar-refractivity contribution < 1.29 is 9.47 Å². The molecule has 0 atom stereocenters. The molecule has 0 bridgehead atoms. The van der Waals surface area contributed by atoms with Crippen molar-refractivity contribution >= 4 is 73.0 Å². The largest absolute Gasteiger partial charge is 0.458 e. The molecule has 0 saturated carbocycles. The highest BCUT2D eigenvalue weighted by Crippen LogP contribution is 2.48. The van der Waals surface area contributed by atoms with Gasteiger partial charge in [0, 0.05) is 36.8 Å². The number of para-hydroxylation sites is 2. The van der Waals surface area contributed by atoms with Crippen molar-refractivity contribution in [3.63, 3.8) is 0 Å². The minimum Gasteiger partial charge on any atom is -0.458 e. The highest BCUT2D eigenvalue weighted by Gasteiger charge is 2.46. The molecule has 7 aromatic rings. The van der Waals surface area contributed by atoms with Gasteiger partial charge < -0.3 is 13.9 Å². The second kappa shape index (κ2) is 5.59. The van der Waals surface area contributed by atoms with Gasteiger partial charge in [-0.3, -0.25) is 0 Å². The van der Waals surface area contributed by atoms with Crippen molar-refractivity contribution in [3.05, 3.63) is 84.9 Å². The maximum Gasteiger partial charge on any atom is 0.263 e. The smallest absolute Gasteiger partial charge is 0.263 e. The number of fused-ring (bicyclic) bond motifs is 7. The van der Waals surface area contributed by atoms with Crippen LogP contribution in [0.25, 0.3) is 38.1 Å². The lowest BCUT2D eigenvalue weighted by Crippen LogP contribution is -2.60. The fourth-order valence-corrected chi connectivity index (χ4v) is 7.96. The molecular formula is C30H14BNO2S. The van der Waals surface area contributed by atoms with Crippen LogP contribution in [0.4, 0.5) is 0 Å². The first-order valence-electron chi connectivity index (χ1n) is 11.9. The number of ether oxygens (including phenoxy) is 2. The topological polar surface area (TPSA) is 22.9 Å². The third-order valence-corrected chi connectivity index (χ3v) is 9.17. The van der Waals surface area contributed by atoms with Crippen molar-refractivity contribution in [2.24, 2.45) is 0 Å². The van der Waals surface area contributed by atoms with Crippen LogP contribution in [0.3, 0.4) is 0 Å².